The van der Waals surface area contributed by atoms with Gasteiger partial charge in [-0.15, -0.1) is 0 Å². The zero-order valence-electron chi connectivity index (χ0n) is 20.0. The van der Waals surface area contributed by atoms with E-state index in [1.165, 1.54) is 12.1 Å². The first-order valence-electron chi connectivity index (χ1n) is 12.4. The predicted molar refractivity (Wildman–Crippen MR) is 130 cm³/mol. The Morgan fingerprint density at radius 1 is 1.20 bits per heavy atom. The molecule has 0 aromatic heterocycles. The van der Waals surface area contributed by atoms with E-state index in [-0.39, 0.29) is 36.1 Å². The van der Waals surface area contributed by atoms with Crippen molar-refractivity contribution in [3.8, 4) is 0 Å². The van der Waals surface area contributed by atoms with Gasteiger partial charge in [-0.2, -0.15) is 4.31 Å². The van der Waals surface area contributed by atoms with Crippen molar-refractivity contribution in [2.24, 2.45) is 5.92 Å². The van der Waals surface area contributed by atoms with Crippen LogP contribution in [0.15, 0.2) is 29.2 Å². The molecular formula is C24H34ClN3O6S. The Balaban J connectivity index is 1.37. The van der Waals surface area contributed by atoms with Crippen LogP contribution < -0.4 is 0 Å². The molecule has 4 aliphatic rings. The molecule has 3 atom stereocenters. The summed E-state index contributed by atoms with van der Waals surface area (Å²) in [5.41, 5.74) is -0.879. The minimum absolute atomic E-state index is 0.0830. The number of β-amino-alcohol motifs (C(OH)–C–C–N with tert-alkyl or cyclic N) is 1. The summed E-state index contributed by atoms with van der Waals surface area (Å²) < 4.78 is 41.4. The molecule has 1 N–H and O–H groups in total. The van der Waals surface area contributed by atoms with Crippen LogP contribution in [0, 0.1) is 5.92 Å². The molecule has 2 saturated heterocycles. The number of hydrogen-bond acceptors (Lipinski definition) is 7. The Morgan fingerprint density at radius 3 is 2.51 bits per heavy atom. The van der Waals surface area contributed by atoms with E-state index >= 15 is 0 Å². The summed E-state index contributed by atoms with van der Waals surface area (Å²) in [5, 5.41) is 9.72. The molecule has 0 radical (unpaired) electrons. The summed E-state index contributed by atoms with van der Waals surface area (Å²) in [4.78, 5) is 17.2. The third-order valence-corrected chi connectivity index (χ3v) is 10.0. The van der Waals surface area contributed by atoms with E-state index in [1.807, 2.05) is 6.92 Å². The lowest BCUT2D eigenvalue weighted by atomic mass is 10.0. The average Bonchev–Trinajstić information content (AvgIpc) is 3.76. The lowest BCUT2D eigenvalue weighted by molar-refractivity contribution is -0.0776. The molecule has 1 aromatic carbocycles. The van der Waals surface area contributed by atoms with E-state index < -0.39 is 27.8 Å². The van der Waals surface area contributed by atoms with Gasteiger partial charge < -0.3 is 19.5 Å². The smallest absolute Gasteiger partial charge is 0.410 e. The number of morpholine rings is 1. The van der Waals surface area contributed by atoms with Crippen molar-refractivity contribution in [2.45, 2.75) is 61.2 Å². The highest BCUT2D eigenvalue weighted by Crippen LogP contribution is 2.50. The number of benzene rings is 1. The molecule has 2 saturated carbocycles. The Labute approximate surface area is 212 Å². The maximum atomic E-state index is 13.9. The molecule has 1 amide bonds. The number of aliphatic hydroxyl groups excluding tert-OH is 1. The van der Waals surface area contributed by atoms with Crippen LogP contribution in [0.5, 0.6) is 0 Å². The van der Waals surface area contributed by atoms with Crippen molar-refractivity contribution in [1.82, 2.24) is 14.1 Å². The van der Waals surface area contributed by atoms with Gasteiger partial charge >= 0.3 is 6.09 Å². The van der Waals surface area contributed by atoms with Gasteiger partial charge in [0.1, 0.15) is 5.60 Å². The molecule has 2 heterocycles. The van der Waals surface area contributed by atoms with Crippen LogP contribution >= 0.6 is 11.6 Å². The Bertz CT molecular complexity index is 1030. The second-order valence-electron chi connectivity index (χ2n) is 10.2. The zero-order valence-corrected chi connectivity index (χ0v) is 21.6. The molecule has 4 fully saturated rings. The zero-order chi connectivity index (χ0) is 24.8. The topological polar surface area (TPSA) is 99.6 Å². The summed E-state index contributed by atoms with van der Waals surface area (Å²) in [7, 11) is -3.85. The molecule has 2 aliphatic heterocycles. The van der Waals surface area contributed by atoms with Gasteiger partial charge in [0.05, 0.1) is 36.8 Å². The lowest BCUT2D eigenvalue weighted by Gasteiger charge is -2.45. The normalized spacial score (nSPS) is 29.7. The van der Waals surface area contributed by atoms with E-state index in [4.69, 9.17) is 21.1 Å². The molecule has 0 unspecified atom stereocenters. The fourth-order valence-electron chi connectivity index (χ4n) is 5.45. The largest absolute Gasteiger partial charge is 0.441 e. The highest BCUT2D eigenvalue weighted by Gasteiger charge is 2.61. The second-order valence-corrected chi connectivity index (χ2v) is 12.5. The Kier molecular flexibility index (Phi) is 7.06. The predicted octanol–water partition coefficient (Wildman–Crippen LogP) is 2.18. The fraction of sp³-hybridized carbons (Fsp3) is 0.708. The molecule has 194 valence electrons. The molecule has 0 spiro atoms. The number of carbonyl (C=O) groups is 1. The number of sulfonamides is 1. The number of piperazine rings is 1. The van der Waals surface area contributed by atoms with Gasteiger partial charge in [-0.3, -0.25) is 4.90 Å². The van der Waals surface area contributed by atoms with Crippen molar-refractivity contribution in [2.75, 3.05) is 46.0 Å². The summed E-state index contributed by atoms with van der Waals surface area (Å²) in [5.74, 6) is 0.256. The quantitative estimate of drug-likeness (QED) is 0.580. The van der Waals surface area contributed by atoms with Crippen LogP contribution in [-0.2, 0) is 19.5 Å². The third-order valence-electron chi connectivity index (χ3n) is 7.80. The number of rotatable bonds is 7. The maximum Gasteiger partial charge on any atom is 0.410 e. The molecule has 5 rings (SSSR count). The van der Waals surface area contributed by atoms with E-state index in [0.29, 0.717) is 50.7 Å². The van der Waals surface area contributed by atoms with Gasteiger partial charge in [-0.1, -0.05) is 11.6 Å². The molecule has 9 nitrogen and oxygen atoms in total. The number of aliphatic hydroxyl groups is 1. The van der Waals surface area contributed by atoms with Crippen molar-refractivity contribution in [3.63, 3.8) is 0 Å². The average molecular weight is 528 g/mol. The Hall–Kier alpha value is -1.43. The molecule has 1 aromatic rings. The fourth-order valence-corrected chi connectivity index (χ4v) is 7.47. The van der Waals surface area contributed by atoms with Gasteiger partial charge in [0.2, 0.25) is 10.0 Å². The number of halogens is 1. The molecular weight excluding hydrogens is 494 g/mol. The summed E-state index contributed by atoms with van der Waals surface area (Å²) in [6.07, 6.45) is 2.75. The van der Waals surface area contributed by atoms with E-state index in [9.17, 15) is 18.3 Å². The number of hydrogen-bond donors (Lipinski definition) is 1. The third kappa shape index (κ3) is 5.06. The summed E-state index contributed by atoms with van der Waals surface area (Å²) >= 11 is 6.01. The summed E-state index contributed by atoms with van der Waals surface area (Å²) in [6.45, 7) is 4.92. The van der Waals surface area contributed by atoms with Crippen LogP contribution in [0.1, 0.15) is 32.6 Å². The first-order chi connectivity index (χ1) is 16.7. The highest BCUT2D eigenvalue weighted by molar-refractivity contribution is 7.89. The van der Waals surface area contributed by atoms with E-state index in [0.717, 1.165) is 12.8 Å². The maximum absolute atomic E-state index is 13.9. The van der Waals surface area contributed by atoms with Gasteiger partial charge in [-0.25, -0.2) is 13.2 Å². The molecule has 2 aliphatic carbocycles. The van der Waals surface area contributed by atoms with Crippen molar-refractivity contribution in [1.29, 1.82) is 0 Å². The molecule has 0 bridgehead atoms. The van der Waals surface area contributed by atoms with Crippen LogP contribution in [0.4, 0.5) is 4.79 Å². The first-order valence-corrected chi connectivity index (χ1v) is 14.3. The number of amides is 1. The SMILES string of the molecule is C[C@@H]1CN(C(=O)OC2([C@H]3COC[C@@H](C4CC4)N3S(=O)(=O)c3ccc(Cl)cc3)CC2)CCN1CCO. The van der Waals surface area contributed by atoms with E-state index in [2.05, 4.69) is 4.90 Å². The van der Waals surface area contributed by atoms with E-state index in [1.54, 1.807) is 21.3 Å². The minimum atomic E-state index is -3.85. The summed E-state index contributed by atoms with van der Waals surface area (Å²) in [6, 6.07) is 5.51. The van der Waals surface area contributed by atoms with Crippen molar-refractivity contribution in [3.05, 3.63) is 29.3 Å². The number of nitrogens with zero attached hydrogens (tertiary/aromatic N) is 3. The van der Waals surface area contributed by atoms with Crippen LogP contribution in [-0.4, -0.2) is 103 Å². The van der Waals surface area contributed by atoms with Gasteiger partial charge in [0.15, 0.2) is 0 Å². The van der Waals surface area contributed by atoms with Crippen LogP contribution in [0.25, 0.3) is 0 Å². The monoisotopic (exact) mass is 527 g/mol. The second kappa shape index (κ2) is 9.79. The standard InChI is InChI=1S/C24H34ClN3O6S/c1-17-14-27(11-10-26(17)12-13-29)23(30)34-24(8-9-24)22-16-33-15-21(18-2-3-18)28(22)35(31,32)20-6-4-19(25)5-7-20/h4-7,17-18,21-22,29H,2-3,8-16H2,1H3/t17-,21+,22-/m1/s1. The van der Waals surface area contributed by atoms with Crippen molar-refractivity contribution < 1.29 is 27.8 Å². The van der Waals surface area contributed by atoms with Gasteiger partial charge in [0, 0.05) is 37.2 Å². The minimum Gasteiger partial charge on any atom is -0.441 e. The lowest BCUT2D eigenvalue weighted by Crippen LogP contribution is -2.62. The van der Waals surface area contributed by atoms with Crippen molar-refractivity contribution >= 4 is 27.7 Å². The van der Waals surface area contributed by atoms with Gasteiger partial charge in [0.25, 0.3) is 0 Å². The highest BCUT2D eigenvalue weighted by atomic mass is 35.5. The number of ether oxygens (including phenoxy) is 2. The van der Waals surface area contributed by atoms with Crippen LogP contribution in [0.3, 0.4) is 0 Å². The Morgan fingerprint density at radius 2 is 1.91 bits per heavy atom. The van der Waals surface area contributed by atoms with Crippen LogP contribution in [0.2, 0.25) is 5.02 Å². The number of carbonyl (C=O) groups excluding carboxylic acids is 1. The van der Waals surface area contributed by atoms with Gasteiger partial charge in [-0.05, 0) is 62.8 Å². The molecule has 11 heteroatoms. The molecule has 35 heavy (non-hydrogen) atoms. The first kappa shape index (κ1) is 25.2.